The van der Waals surface area contributed by atoms with Gasteiger partial charge in [-0.15, -0.1) is 0 Å². The summed E-state index contributed by atoms with van der Waals surface area (Å²) in [6.07, 6.45) is 0. The van der Waals surface area contributed by atoms with E-state index in [1.54, 1.807) is 25.1 Å². The van der Waals surface area contributed by atoms with Gasteiger partial charge in [0, 0.05) is 18.7 Å². The van der Waals surface area contributed by atoms with Gasteiger partial charge in [-0.2, -0.15) is 8.78 Å². The van der Waals surface area contributed by atoms with Crippen LogP contribution in [0.4, 0.5) is 8.78 Å². The highest BCUT2D eigenvalue weighted by Crippen LogP contribution is 2.32. The molecule has 0 aromatic heterocycles. The Kier molecular flexibility index (Phi) is 6.96. The van der Waals surface area contributed by atoms with E-state index < -0.39 is 6.61 Å². The molecule has 0 aliphatic carbocycles. The van der Waals surface area contributed by atoms with Crippen LogP contribution in [0, 0.1) is 0 Å². The van der Waals surface area contributed by atoms with Crippen molar-refractivity contribution in [3.63, 3.8) is 0 Å². The largest absolute Gasteiger partial charge is 0.490 e. The van der Waals surface area contributed by atoms with Gasteiger partial charge in [0.05, 0.1) is 13.2 Å². The summed E-state index contributed by atoms with van der Waals surface area (Å²) in [5, 5.41) is 12.5. The third-order valence-electron chi connectivity index (χ3n) is 3.49. The maximum atomic E-state index is 12.7. The van der Waals surface area contributed by atoms with Crippen LogP contribution in [0.5, 0.6) is 11.5 Å². The Morgan fingerprint density at radius 2 is 1.67 bits per heavy atom. The highest BCUT2D eigenvalue weighted by Gasteiger charge is 2.15. The Morgan fingerprint density at radius 3 is 2.33 bits per heavy atom. The lowest BCUT2D eigenvalue weighted by Gasteiger charge is -2.16. The number of aliphatic hydroxyl groups is 1. The third-order valence-corrected chi connectivity index (χ3v) is 3.49. The first-order valence-corrected chi connectivity index (χ1v) is 7.73. The van der Waals surface area contributed by atoms with Crippen LogP contribution in [0.2, 0.25) is 0 Å². The van der Waals surface area contributed by atoms with Crippen molar-refractivity contribution < 1.29 is 23.4 Å². The number of para-hydroxylation sites is 1. The van der Waals surface area contributed by atoms with E-state index in [-0.39, 0.29) is 12.4 Å². The lowest BCUT2D eigenvalue weighted by molar-refractivity contribution is -0.0521. The molecule has 2 N–H and O–H groups in total. The molecular formula is C18H21F2NO3. The summed E-state index contributed by atoms with van der Waals surface area (Å²) in [4.78, 5) is 0. The van der Waals surface area contributed by atoms with E-state index in [4.69, 9.17) is 4.74 Å². The average Bonchev–Trinajstić information content (AvgIpc) is 2.57. The van der Waals surface area contributed by atoms with Gasteiger partial charge in [0.15, 0.2) is 11.5 Å². The van der Waals surface area contributed by atoms with Gasteiger partial charge >= 0.3 is 6.61 Å². The minimum Gasteiger partial charge on any atom is -0.490 e. The number of halogens is 2. The second kappa shape index (κ2) is 9.20. The molecular weight excluding hydrogens is 316 g/mol. The molecule has 4 nitrogen and oxygen atoms in total. The zero-order chi connectivity index (χ0) is 17.4. The molecule has 0 fully saturated rings. The molecule has 0 aliphatic rings. The second-order valence-corrected chi connectivity index (χ2v) is 5.09. The molecule has 24 heavy (non-hydrogen) atoms. The maximum Gasteiger partial charge on any atom is 0.387 e. The van der Waals surface area contributed by atoms with Crippen LogP contribution in [0.15, 0.2) is 42.5 Å². The highest BCUT2D eigenvalue weighted by atomic mass is 19.3. The fraction of sp³-hybridized carbons (Fsp3) is 0.333. The first-order valence-electron chi connectivity index (χ1n) is 7.73. The van der Waals surface area contributed by atoms with Gasteiger partial charge in [-0.1, -0.05) is 36.4 Å². The van der Waals surface area contributed by atoms with Crippen molar-refractivity contribution in [3.05, 3.63) is 59.2 Å². The van der Waals surface area contributed by atoms with Crippen molar-refractivity contribution in [2.75, 3.05) is 6.61 Å². The van der Waals surface area contributed by atoms with Gasteiger partial charge in [0.2, 0.25) is 0 Å². The molecule has 0 unspecified atom stereocenters. The molecule has 0 saturated carbocycles. The van der Waals surface area contributed by atoms with Crippen LogP contribution in [0.1, 0.15) is 23.6 Å². The molecule has 2 aromatic carbocycles. The molecule has 0 atom stereocenters. The van der Waals surface area contributed by atoms with Gasteiger partial charge in [0.1, 0.15) is 0 Å². The lowest BCUT2D eigenvalue weighted by atomic mass is 10.1. The molecule has 2 aromatic rings. The number of hydrogen-bond donors (Lipinski definition) is 2. The summed E-state index contributed by atoms with van der Waals surface area (Å²) in [6.45, 7) is 0.0214. The number of hydrogen-bond acceptors (Lipinski definition) is 4. The Morgan fingerprint density at radius 1 is 1.00 bits per heavy atom. The van der Waals surface area contributed by atoms with Crippen molar-refractivity contribution in [2.45, 2.75) is 33.2 Å². The number of benzene rings is 2. The monoisotopic (exact) mass is 337 g/mol. The predicted octanol–water partition coefficient (Wildman–Crippen LogP) is 3.47. The number of ether oxygens (including phenoxy) is 2. The standard InChI is InChI=1S/C18H21F2NO3/c1-2-23-16-9-5-8-14(17(16)24-18(19)20)11-21-10-13-6-3-4-7-15(13)12-22/h3-9,18,21-22H,2,10-12H2,1H3. The molecule has 0 bridgehead atoms. The zero-order valence-electron chi connectivity index (χ0n) is 13.5. The smallest absolute Gasteiger partial charge is 0.387 e. The van der Waals surface area contributed by atoms with Gasteiger partial charge in [-0.3, -0.25) is 0 Å². The van der Waals surface area contributed by atoms with Crippen molar-refractivity contribution in [1.82, 2.24) is 5.32 Å². The summed E-state index contributed by atoms with van der Waals surface area (Å²) >= 11 is 0. The Bertz CT molecular complexity index is 650. The summed E-state index contributed by atoms with van der Waals surface area (Å²) in [7, 11) is 0. The van der Waals surface area contributed by atoms with E-state index in [1.165, 1.54) is 0 Å². The molecule has 2 rings (SSSR count). The van der Waals surface area contributed by atoms with Crippen molar-refractivity contribution in [3.8, 4) is 11.5 Å². The average molecular weight is 337 g/mol. The highest BCUT2D eigenvalue weighted by molar-refractivity contribution is 5.46. The number of alkyl halides is 2. The van der Waals surface area contributed by atoms with E-state index in [1.807, 2.05) is 24.3 Å². The summed E-state index contributed by atoms with van der Waals surface area (Å²) in [6, 6.07) is 12.6. The van der Waals surface area contributed by atoms with E-state index >= 15 is 0 Å². The third kappa shape index (κ3) is 4.91. The van der Waals surface area contributed by atoms with E-state index in [0.29, 0.717) is 31.0 Å². The lowest BCUT2D eigenvalue weighted by Crippen LogP contribution is -2.16. The fourth-order valence-corrected chi connectivity index (χ4v) is 2.41. The SMILES string of the molecule is CCOc1cccc(CNCc2ccccc2CO)c1OC(F)F. The zero-order valence-corrected chi connectivity index (χ0v) is 13.5. The maximum absolute atomic E-state index is 12.7. The molecule has 0 heterocycles. The molecule has 0 amide bonds. The second-order valence-electron chi connectivity index (χ2n) is 5.09. The summed E-state index contributed by atoms with van der Waals surface area (Å²) in [5.74, 6) is 0.352. The predicted molar refractivity (Wildman–Crippen MR) is 87.2 cm³/mol. The molecule has 0 saturated heterocycles. The quantitative estimate of drug-likeness (QED) is 0.736. The minimum atomic E-state index is -2.92. The summed E-state index contributed by atoms with van der Waals surface area (Å²) in [5.41, 5.74) is 2.37. The van der Waals surface area contributed by atoms with Gasteiger partial charge < -0.3 is 19.9 Å². The van der Waals surface area contributed by atoms with E-state index in [2.05, 4.69) is 10.1 Å². The molecule has 0 spiro atoms. The van der Waals surface area contributed by atoms with Crippen molar-refractivity contribution >= 4 is 0 Å². The molecule has 130 valence electrons. The minimum absolute atomic E-state index is 0.0442. The van der Waals surface area contributed by atoms with E-state index in [9.17, 15) is 13.9 Å². The first kappa shape index (κ1) is 18.2. The van der Waals surface area contributed by atoms with Crippen LogP contribution in [-0.4, -0.2) is 18.3 Å². The normalized spacial score (nSPS) is 10.9. The number of nitrogens with one attached hydrogen (secondary N) is 1. The molecule has 6 heteroatoms. The fourth-order valence-electron chi connectivity index (χ4n) is 2.41. The molecule has 0 radical (unpaired) electrons. The van der Waals surface area contributed by atoms with E-state index in [0.717, 1.165) is 11.1 Å². The van der Waals surface area contributed by atoms with Gasteiger partial charge in [0.25, 0.3) is 0 Å². The van der Waals surface area contributed by atoms with Crippen LogP contribution in [0.3, 0.4) is 0 Å². The number of rotatable bonds is 9. The van der Waals surface area contributed by atoms with Gasteiger partial charge in [-0.25, -0.2) is 0 Å². The first-order chi connectivity index (χ1) is 11.7. The van der Waals surface area contributed by atoms with Crippen molar-refractivity contribution in [2.24, 2.45) is 0 Å². The Balaban J connectivity index is 2.09. The van der Waals surface area contributed by atoms with Crippen LogP contribution < -0.4 is 14.8 Å². The van der Waals surface area contributed by atoms with Gasteiger partial charge in [-0.05, 0) is 24.1 Å². The Labute approximate surface area is 140 Å². The van der Waals surface area contributed by atoms with Crippen LogP contribution in [-0.2, 0) is 19.7 Å². The molecule has 0 aliphatic heterocycles. The number of aliphatic hydroxyl groups excluding tert-OH is 1. The van der Waals surface area contributed by atoms with Crippen LogP contribution in [0.25, 0.3) is 0 Å². The Hall–Kier alpha value is -2.18. The summed E-state index contributed by atoms with van der Waals surface area (Å²) < 4.78 is 35.4. The van der Waals surface area contributed by atoms with Crippen LogP contribution >= 0.6 is 0 Å². The topological polar surface area (TPSA) is 50.7 Å². The van der Waals surface area contributed by atoms with Crippen molar-refractivity contribution in [1.29, 1.82) is 0 Å².